The average Bonchev–Trinajstić information content (AvgIpc) is 2.75. The van der Waals surface area contributed by atoms with Gasteiger partial charge in [0.1, 0.15) is 15.5 Å². The Bertz CT molecular complexity index is 1890. The van der Waals surface area contributed by atoms with Crippen LogP contribution < -0.4 is 0 Å². The minimum atomic E-state index is -4.99. The summed E-state index contributed by atoms with van der Waals surface area (Å²) in [4.78, 5) is -1.95. The van der Waals surface area contributed by atoms with Crippen LogP contribution in [0.25, 0.3) is 21.5 Å². The van der Waals surface area contributed by atoms with E-state index < -0.39 is 51.6 Å². The summed E-state index contributed by atoms with van der Waals surface area (Å²) in [5.74, 6) is -0.984. The number of azo groups is 1. The zero-order valence-corrected chi connectivity index (χ0v) is 22.6. The molecule has 0 saturated heterocycles. The minimum Gasteiger partial charge on any atom is -0.504 e. The molecule has 0 fully saturated rings. The van der Waals surface area contributed by atoms with Crippen molar-refractivity contribution in [3.8, 4) is 5.75 Å². The van der Waals surface area contributed by atoms with E-state index in [4.69, 9.17) is 0 Å². The molecule has 4 rings (SSSR count). The Kier molecular flexibility index (Phi) is 7.63. The van der Waals surface area contributed by atoms with E-state index in [0.29, 0.717) is 0 Å². The molecule has 0 aliphatic rings. The first kappa shape index (κ1) is 28.1. The first-order chi connectivity index (χ1) is 16.2. The number of hydrogen-bond donors (Lipinski definition) is 4. The van der Waals surface area contributed by atoms with E-state index in [0.717, 1.165) is 30.3 Å². The monoisotopic (exact) mass is 561 g/mol. The van der Waals surface area contributed by atoms with Crippen molar-refractivity contribution in [3.05, 3.63) is 60.7 Å². The van der Waals surface area contributed by atoms with Crippen molar-refractivity contribution in [1.29, 1.82) is 0 Å². The van der Waals surface area contributed by atoms with Gasteiger partial charge in [-0.3, -0.25) is 13.7 Å². The number of rotatable bonds is 5. The molecule has 0 heterocycles. The molecule has 0 aromatic heterocycles. The Labute approximate surface area is 226 Å². The Morgan fingerprint density at radius 3 is 1.81 bits per heavy atom. The second-order valence-electron chi connectivity index (χ2n) is 7.21. The van der Waals surface area contributed by atoms with Gasteiger partial charge in [-0.25, -0.2) is 0 Å². The number of phenolic OH excluding ortho intramolecular Hbond substituents is 1. The molecule has 4 N–H and O–H groups in total. The van der Waals surface area contributed by atoms with Gasteiger partial charge in [0.2, 0.25) is 0 Å². The van der Waals surface area contributed by atoms with Crippen molar-refractivity contribution in [2.75, 3.05) is 0 Å². The topological polar surface area (TPSA) is 208 Å². The van der Waals surface area contributed by atoms with Crippen molar-refractivity contribution in [1.82, 2.24) is 0 Å². The van der Waals surface area contributed by atoms with E-state index in [-0.39, 0.29) is 61.7 Å². The molecule has 16 heteroatoms. The normalized spacial score (nSPS) is 12.8. The zero-order chi connectivity index (χ0) is 25.8. The Morgan fingerprint density at radius 2 is 1.22 bits per heavy atom. The third kappa shape index (κ3) is 5.44. The fourth-order valence-corrected chi connectivity index (χ4v) is 5.29. The van der Waals surface area contributed by atoms with Crippen molar-refractivity contribution in [2.45, 2.75) is 14.7 Å². The smallest absolute Gasteiger partial charge is 0.298 e. The molecule has 0 aliphatic heterocycles. The molecule has 0 aliphatic carbocycles. The third-order valence-corrected chi connectivity index (χ3v) is 7.62. The van der Waals surface area contributed by atoms with Crippen LogP contribution >= 0.6 is 0 Å². The molecule has 12 nitrogen and oxygen atoms in total. The van der Waals surface area contributed by atoms with Crippen LogP contribution in [0.15, 0.2) is 85.6 Å². The Morgan fingerprint density at radius 1 is 0.611 bits per heavy atom. The predicted molar refractivity (Wildman–Crippen MR) is 129 cm³/mol. The average molecular weight is 562 g/mol. The SMILES string of the molecule is O=S(=O)(O)c1ccc2c(N=Nc3ccc(S(=O)(=O)O)c4ccccc34)c(O)c(S(=O)(=O)O)cc2c1.[Na]. The quantitative estimate of drug-likeness (QED) is 0.158. The number of hydrogen-bond acceptors (Lipinski definition) is 9. The van der Waals surface area contributed by atoms with E-state index in [2.05, 4.69) is 10.2 Å². The molecule has 0 unspecified atom stereocenters. The van der Waals surface area contributed by atoms with E-state index in [9.17, 15) is 44.0 Å². The first-order valence-electron chi connectivity index (χ1n) is 9.33. The fraction of sp³-hybridized carbons (Fsp3) is 0. The van der Waals surface area contributed by atoms with E-state index in [1.165, 1.54) is 24.3 Å². The van der Waals surface area contributed by atoms with E-state index in [1.807, 2.05) is 0 Å². The largest absolute Gasteiger partial charge is 0.504 e. The summed E-state index contributed by atoms with van der Waals surface area (Å²) in [6.07, 6.45) is 0. The standard InChI is InChI=1S/C20H14N2O10S3.Na/c23-20-18(35(30,31)32)10-11-9-12(33(24,25)26)5-6-13(11)19(20)22-21-16-7-8-17(34(27,28)29)15-4-2-1-3-14(15)16;/h1-10,23H,(H,24,25,26)(H,27,28,29)(H,30,31,32);. The van der Waals surface area contributed by atoms with Crippen molar-refractivity contribution in [3.63, 3.8) is 0 Å². The number of fused-ring (bicyclic) bond motifs is 2. The van der Waals surface area contributed by atoms with Crippen LogP contribution in [0.4, 0.5) is 11.4 Å². The van der Waals surface area contributed by atoms with Crippen molar-refractivity contribution >= 4 is 92.8 Å². The predicted octanol–water partition coefficient (Wildman–Crippen LogP) is 3.47. The zero-order valence-electron chi connectivity index (χ0n) is 18.1. The van der Waals surface area contributed by atoms with E-state index in [1.54, 1.807) is 6.07 Å². The molecule has 183 valence electrons. The van der Waals surface area contributed by atoms with Crippen LogP contribution in [-0.4, -0.2) is 73.6 Å². The van der Waals surface area contributed by atoms with Crippen LogP contribution in [-0.2, 0) is 30.4 Å². The first-order valence-corrected chi connectivity index (χ1v) is 13.7. The number of nitrogens with zero attached hydrogens (tertiary/aromatic N) is 2. The van der Waals surface area contributed by atoms with Gasteiger partial charge in [0.15, 0.2) is 5.75 Å². The van der Waals surface area contributed by atoms with Gasteiger partial charge in [-0.2, -0.15) is 25.3 Å². The summed E-state index contributed by atoms with van der Waals surface area (Å²) in [6, 6.07) is 12.1. The van der Waals surface area contributed by atoms with Gasteiger partial charge in [0, 0.05) is 45.7 Å². The van der Waals surface area contributed by atoms with Crippen LogP contribution in [0.2, 0.25) is 0 Å². The number of benzene rings is 4. The second kappa shape index (κ2) is 9.77. The molecular formula is C20H14N2NaO10S3. The summed E-state index contributed by atoms with van der Waals surface area (Å²) >= 11 is 0. The van der Waals surface area contributed by atoms with Gasteiger partial charge >= 0.3 is 0 Å². The number of phenols is 1. The maximum Gasteiger partial charge on any atom is 0.298 e. The van der Waals surface area contributed by atoms with E-state index >= 15 is 0 Å². The minimum absolute atomic E-state index is 0. The van der Waals surface area contributed by atoms with Gasteiger partial charge in [0.05, 0.1) is 10.6 Å². The summed E-state index contributed by atoms with van der Waals surface area (Å²) in [5, 5.41) is 18.6. The fourth-order valence-electron chi connectivity index (χ4n) is 3.46. The molecule has 0 saturated carbocycles. The summed E-state index contributed by atoms with van der Waals surface area (Å²) < 4.78 is 98.2. The van der Waals surface area contributed by atoms with Crippen molar-refractivity contribution < 1.29 is 44.0 Å². The molecule has 0 amide bonds. The maximum absolute atomic E-state index is 11.8. The van der Waals surface area contributed by atoms with Gasteiger partial charge in [-0.15, -0.1) is 10.2 Å². The number of aromatic hydroxyl groups is 1. The van der Waals surface area contributed by atoms with Crippen molar-refractivity contribution in [2.24, 2.45) is 10.2 Å². The van der Waals surface area contributed by atoms with Gasteiger partial charge in [-0.05, 0) is 35.7 Å². The Balaban J connectivity index is 0.00000361. The molecule has 0 atom stereocenters. The molecule has 4 aromatic rings. The molecule has 4 aromatic carbocycles. The molecule has 0 spiro atoms. The molecular weight excluding hydrogens is 547 g/mol. The molecule has 1 radical (unpaired) electrons. The summed E-state index contributed by atoms with van der Waals surface area (Å²) in [6.45, 7) is 0. The van der Waals surface area contributed by atoms with Gasteiger partial charge < -0.3 is 5.11 Å². The molecule has 36 heavy (non-hydrogen) atoms. The van der Waals surface area contributed by atoms with Gasteiger partial charge in [-0.1, -0.05) is 30.3 Å². The third-order valence-electron chi connectivity index (χ3n) is 4.99. The van der Waals surface area contributed by atoms with Gasteiger partial charge in [0.25, 0.3) is 30.4 Å². The Hall–Kier alpha value is -2.47. The molecule has 0 bridgehead atoms. The second-order valence-corrected chi connectivity index (χ2v) is 11.4. The maximum atomic E-state index is 11.8. The summed E-state index contributed by atoms with van der Waals surface area (Å²) in [7, 11) is -14.2. The summed E-state index contributed by atoms with van der Waals surface area (Å²) in [5.41, 5.74) is -0.382. The van der Waals surface area contributed by atoms with Crippen LogP contribution in [0.1, 0.15) is 0 Å². The van der Waals surface area contributed by atoms with Crippen LogP contribution in [0.5, 0.6) is 5.75 Å². The van der Waals surface area contributed by atoms with Crippen LogP contribution in [0, 0.1) is 0 Å². The van der Waals surface area contributed by atoms with Crippen LogP contribution in [0.3, 0.4) is 0 Å².